The van der Waals surface area contributed by atoms with Crippen molar-refractivity contribution in [2.75, 3.05) is 26.0 Å². The van der Waals surface area contributed by atoms with Gasteiger partial charge in [0.25, 0.3) is 0 Å². The molecule has 0 radical (unpaired) electrons. The highest BCUT2D eigenvalue weighted by molar-refractivity contribution is 5.91. The Hall–Kier alpha value is -4.06. The number of nitrogens with two attached hydrogens (primary N) is 1. The van der Waals surface area contributed by atoms with Crippen LogP contribution in [0.2, 0.25) is 0 Å². The highest BCUT2D eigenvalue weighted by Crippen LogP contribution is 2.44. The number of fused-ring (bicyclic) bond motifs is 3. The smallest absolute Gasteiger partial charge is 0.407 e. The first kappa shape index (κ1) is 22.1. The number of nitrogen functional groups attached to an aromatic ring is 1. The molecule has 3 aromatic carbocycles. The lowest BCUT2D eigenvalue weighted by Gasteiger charge is -2.14. The van der Waals surface area contributed by atoms with E-state index in [9.17, 15) is 9.59 Å². The van der Waals surface area contributed by atoms with Crippen LogP contribution in [0.25, 0.3) is 17.2 Å². The molecule has 6 nitrogen and oxygen atoms in total. The third-order valence-corrected chi connectivity index (χ3v) is 5.63. The molecule has 0 saturated carbocycles. The third kappa shape index (κ3) is 5.06. The van der Waals surface area contributed by atoms with E-state index in [1.165, 1.54) is 29.4 Å². The lowest BCUT2D eigenvalue weighted by atomic mass is 9.98. The van der Waals surface area contributed by atoms with Crippen LogP contribution in [0, 0.1) is 0 Å². The number of amides is 1. The summed E-state index contributed by atoms with van der Waals surface area (Å²) in [7, 11) is 1.33. The Morgan fingerprint density at radius 1 is 1.00 bits per heavy atom. The first-order valence-corrected chi connectivity index (χ1v) is 10.8. The van der Waals surface area contributed by atoms with Crippen LogP contribution in [0.15, 0.2) is 72.8 Å². The number of hydrogen-bond acceptors (Lipinski definition) is 5. The van der Waals surface area contributed by atoms with E-state index in [0.717, 1.165) is 5.56 Å². The fourth-order valence-electron chi connectivity index (χ4n) is 4.13. The maximum atomic E-state index is 12.2. The Kier molecular flexibility index (Phi) is 6.74. The van der Waals surface area contributed by atoms with Crippen molar-refractivity contribution < 1.29 is 19.1 Å². The van der Waals surface area contributed by atoms with Gasteiger partial charge in [-0.05, 0) is 52.4 Å². The molecule has 0 spiro atoms. The number of esters is 1. The van der Waals surface area contributed by atoms with Gasteiger partial charge < -0.3 is 20.5 Å². The molecule has 0 saturated heterocycles. The second kappa shape index (κ2) is 10.0. The molecule has 3 N–H and O–H groups in total. The average Bonchev–Trinajstić information content (AvgIpc) is 3.15. The van der Waals surface area contributed by atoms with Crippen LogP contribution in [0.3, 0.4) is 0 Å². The van der Waals surface area contributed by atoms with E-state index >= 15 is 0 Å². The molecule has 0 bridgehead atoms. The molecule has 4 rings (SSSR count). The van der Waals surface area contributed by atoms with Gasteiger partial charge in [0.05, 0.1) is 12.7 Å². The monoisotopic (exact) mass is 442 g/mol. The quantitative estimate of drug-likeness (QED) is 0.305. The number of rotatable bonds is 7. The lowest BCUT2D eigenvalue weighted by molar-refractivity contribution is 0.0600. The van der Waals surface area contributed by atoms with Crippen molar-refractivity contribution in [3.8, 4) is 11.1 Å². The summed E-state index contributed by atoms with van der Waals surface area (Å²) < 4.78 is 10.3. The normalized spacial score (nSPS) is 12.3. The molecule has 0 heterocycles. The molecular weight excluding hydrogens is 416 g/mol. The standard InChI is InChI=1S/C27H26N2O4/c1-32-26(30)19-14-18(15-20(28)16-19)8-6-7-13-29-27(31)33-17-25-23-11-4-2-9-21(23)22-10-3-5-12-24(22)25/h2-6,8-12,14-16,25H,7,13,17,28H2,1H3,(H,29,31). The Bertz CT molecular complexity index is 1160. The Labute approximate surface area is 193 Å². The molecule has 3 aromatic rings. The first-order chi connectivity index (χ1) is 16.1. The summed E-state index contributed by atoms with van der Waals surface area (Å²) >= 11 is 0. The summed E-state index contributed by atoms with van der Waals surface area (Å²) in [5, 5.41) is 2.78. The second-order valence-electron chi connectivity index (χ2n) is 7.82. The van der Waals surface area contributed by atoms with Crippen molar-refractivity contribution in [3.63, 3.8) is 0 Å². The molecule has 6 heteroatoms. The van der Waals surface area contributed by atoms with Gasteiger partial charge in [-0.2, -0.15) is 0 Å². The number of hydrogen-bond donors (Lipinski definition) is 2. The highest BCUT2D eigenvalue weighted by atomic mass is 16.5. The predicted octanol–water partition coefficient (Wildman–Crippen LogP) is 5.00. The second-order valence-corrected chi connectivity index (χ2v) is 7.82. The summed E-state index contributed by atoms with van der Waals surface area (Å²) in [4.78, 5) is 23.9. The zero-order chi connectivity index (χ0) is 23.2. The van der Waals surface area contributed by atoms with Gasteiger partial charge in [-0.15, -0.1) is 0 Å². The van der Waals surface area contributed by atoms with Crippen LogP contribution in [0.1, 0.15) is 39.4 Å². The lowest BCUT2D eigenvalue weighted by Crippen LogP contribution is -2.26. The number of anilines is 1. The zero-order valence-electron chi connectivity index (χ0n) is 18.4. The fraction of sp³-hybridized carbons (Fsp3) is 0.185. The third-order valence-electron chi connectivity index (χ3n) is 5.63. The van der Waals surface area contributed by atoms with Gasteiger partial charge in [0, 0.05) is 18.2 Å². The van der Waals surface area contributed by atoms with Gasteiger partial charge in [0.15, 0.2) is 0 Å². The van der Waals surface area contributed by atoms with Crippen molar-refractivity contribution >= 4 is 23.8 Å². The molecule has 0 aromatic heterocycles. The minimum Gasteiger partial charge on any atom is -0.465 e. The van der Waals surface area contributed by atoms with E-state index in [1.807, 2.05) is 36.4 Å². The molecule has 1 aliphatic rings. The van der Waals surface area contributed by atoms with E-state index in [4.69, 9.17) is 15.2 Å². The molecule has 168 valence electrons. The number of alkyl carbamates (subject to hydrolysis) is 1. The average molecular weight is 443 g/mol. The van der Waals surface area contributed by atoms with Crippen molar-refractivity contribution in [1.82, 2.24) is 5.32 Å². The fourth-order valence-corrected chi connectivity index (χ4v) is 4.13. The van der Waals surface area contributed by atoms with Crippen LogP contribution in [0.5, 0.6) is 0 Å². The van der Waals surface area contributed by atoms with Crippen molar-refractivity contribution in [2.45, 2.75) is 12.3 Å². The molecular formula is C27H26N2O4. The molecule has 33 heavy (non-hydrogen) atoms. The zero-order valence-corrected chi connectivity index (χ0v) is 18.4. The summed E-state index contributed by atoms with van der Waals surface area (Å²) in [6, 6.07) is 21.5. The maximum Gasteiger partial charge on any atom is 0.407 e. The Balaban J connectivity index is 1.27. The summed E-state index contributed by atoms with van der Waals surface area (Å²) in [6.07, 6.45) is 3.91. The van der Waals surface area contributed by atoms with Crippen molar-refractivity contribution in [3.05, 3.63) is 95.1 Å². The molecule has 0 aliphatic heterocycles. The number of carbonyl (C=O) groups excluding carboxylic acids is 2. The first-order valence-electron chi connectivity index (χ1n) is 10.8. The summed E-state index contributed by atoms with van der Waals surface area (Å²) in [5.41, 5.74) is 12.3. The van der Waals surface area contributed by atoms with Crippen molar-refractivity contribution in [1.29, 1.82) is 0 Å². The van der Waals surface area contributed by atoms with Crippen LogP contribution in [0.4, 0.5) is 10.5 Å². The number of benzene rings is 3. The van der Waals surface area contributed by atoms with E-state index in [2.05, 4.69) is 29.6 Å². The molecule has 1 aliphatic carbocycles. The topological polar surface area (TPSA) is 90.6 Å². The summed E-state index contributed by atoms with van der Waals surface area (Å²) in [5.74, 6) is -0.399. The Morgan fingerprint density at radius 2 is 1.67 bits per heavy atom. The van der Waals surface area contributed by atoms with Gasteiger partial charge in [-0.25, -0.2) is 9.59 Å². The number of nitrogens with one attached hydrogen (secondary N) is 1. The van der Waals surface area contributed by atoms with E-state index in [0.29, 0.717) is 24.2 Å². The summed E-state index contributed by atoms with van der Waals surface area (Å²) in [6.45, 7) is 0.717. The van der Waals surface area contributed by atoms with Gasteiger partial charge in [-0.1, -0.05) is 60.7 Å². The van der Waals surface area contributed by atoms with Gasteiger partial charge in [0.1, 0.15) is 6.61 Å². The van der Waals surface area contributed by atoms with E-state index < -0.39 is 12.1 Å². The highest BCUT2D eigenvalue weighted by Gasteiger charge is 2.28. The minimum atomic E-state index is -0.442. The molecule has 0 fully saturated rings. The molecule has 0 atom stereocenters. The largest absolute Gasteiger partial charge is 0.465 e. The number of ether oxygens (including phenoxy) is 2. The van der Waals surface area contributed by atoms with Crippen molar-refractivity contribution in [2.24, 2.45) is 0 Å². The SMILES string of the molecule is COC(=O)c1cc(N)cc(C=CCCNC(=O)OCC2c3ccccc3-c3ccccc32)c1. The number of carbonyl (C=O) groups is 2. The number of methoxy groups -OCH3 is 1. The predicted molar refractivity (Wildman–Crippen MR) is 129 cm³/mol. The molecule has 0 unspecified atom stereocenters. The van der Waals surface area contributed by atoms with Gasteiger partial charge >= 0.3 is 12.1 Å². The van der Waals surface area contributed by atoms with Gasteiger partial charge in [0.2, 0.25) is 0 Å². The van der Waals surface area contributed by atoms with Crippen LogP contribution >= 0.6 is 0 Å². The van der Waals surface area contributed by atoms with Gasteiger partial charge in [-0.3, -0.25) is 0 Å². The van der Waals surface area contributed by atoms with Crippen LogP contribution < -0.4 is 11.1 Å². The Morgan fingerprint density at radius 3 is 2.33 bits per heavy atom. The van der Waals surface area contributed by atoms with E-state index in [-0.39, 0.29) is 12.5 Å². The molecule has 1 amide bonds. The maximum absolute atomic E-state index is 12.2. The minimum absolute atomic E-state index is 0.0376. The van der Waals surface area contributed by atoms with Crippen LogP contribution in [-0.2, 0) is 9.47 Å². The van der Waals surface area contributed by atoms with E-state index in [1.54, 1.807) is 18.2 Å². The van der Waals surface area contributed by atoms with Crippen LogP contribution in [-0.4, -0.2) is 32.3 Å².